The van der Waals surface area contributed by atoms with Crippen LogP contribution in [0.2, 0.25) is 0 Å². The van der Waals surface area contributed by atoms with E-state index < -0.39 is 0 Å². The standard InChI is InChI=1S/C11H15NO/c1-8-5-4-6-10(7-8)11(12-3)9(2)13/h4-7,11-12H,1-3H3. The first-order valence-corrected chi connectivity index (χ1v) is 4.39. The van der Waals surface area contributed by atoms with E-state index in [0.29, 0.717) is 0 Å². The molecule has 2 heteroatoms. The van der Waals surface area contributed by atoms with Gasteiger partial charge >= 0.3 is 0 Å². The molecule has 1 rings (SSSR count). The minimum atomic E-state index is -0.167. The third kappa shape index (κ3) is 2.39. The number of nitrogens with one attached hydrogen (secondary N) is 1. The van der Waals surface area contributed by atoms with Gasteiger partial charge in [-0.1, -0.05) is 29.8 Å². The first-order valence-electron chi connectivity index (χ1n) is 4.39. The topological polar surface area (TPSA) is 29.1 Å². The lowest BCUT2D eigenvalue weighted by molar-refractivity contribution is -0.119. The molecule has 0 saturated carbocycles. The van der Waals surface area contributed by atoms with E-state index in [1.807, 2.05) is 31.2 Å². The van der Waals surface area contributed by atoms with Crippen molar-refractivity contribution in [2.75, 3.05) is 7.05 Å². The summed E-state index contributed by atoms with van der Waals surface area (Å²) in [5.41, 5.74) is 2.22. The van der Waals surface area contributed by atoms with Gasteiger partial charge in [-0.15, -0.1) is 0 Å². The van der Waals surface area contributed by atoms with Gasteiger partial charge in [-0.25, -0.2) is 0 Å². The Balaban J connectivity index is 2.98. The van der Waals surface area contributed by atoms with Gasteiger partial charge in [0, 0.05) is 0 Å². The first kappa shape index (κ1) is 9.93. The number of hydrogen-bond acceptors (Lipinski definition) is 2. The number of likely N-dealkylation sites (N-methyl/N-ethyl adjacent to an activating group) is 1. The maximum atomic E-state index is 11.2. The number of Topliss-reactive ketones (excluding diaryl/α,β-unsaturated/α-hetero) is 1. The van der Waals surface area contributed by atoms with Gasteiger partial charge in [-0.2, -0.15) is 0 Å². The molecule has 0 radical (unpaired) electrons. The van der Waals surface area contributed by atoms with Gasteiger partial charge in [0.25, 0.3) is 0 Å². The van der Waals surface area contributed by atoms with Gasteiger partial charge < -0.3 is 5.32 Å². The Hall–Kier alpha value is -1.15. The van der Waals surface area contributed by atoms with Crippen molar-refractivity contribution in [1.82, 2.24) is 5.32 Å². The second-order valence-corrected chi connectivity index (χ2v) is 3.25. The zero-order valence-electron chi connectivity index (χ0n) is 8.29. The van der Waals surface area contributed by atoms with Crippen LogP contribution in [-0.4, -0.2) is 12.8 Å². The van der Waals surface area contributed by atoms with Gasteiger partial charge in [-0.05, 0) is 26.5 Å². The van der Waals surface area contributed by atoms with Gasteiger partial charge in [0.15, 0.2) is 5.78 Å². The van der Waals surface area contributed by atoms with E-state index in [1.54, 1.807) is 14.0 Å². The molecule has 0 aliphatic carbocycles. The SMILES string of the molecule is CNC(C(C)=O)c1cccc(C)c1. The van der Waals surface area contributed by atoms with E-state index >= 15 is 0 Å². The van der Waals surface area contributed by atoms with Crippen LogP contribution in [0.1, 0.15) is 24.1 Å². The Kier molecular flexibility index (Phi) is 3.20. The molecule has 0 amide bonds. The number of carbonyl (C=O) groups is 1. The second-order valence-electron chi connectivity index (χ2n) is 3.25. The largest absolute Gasteiger partial charge is 0.307 e. The van der Waals surface area contributed by atoms with Crippen molar-refractivity contribution >= 4 is 5.78 Å². The minimum absolute atomic E-state index is 0.146. The fourth-order valence-corrected chi connectivity index (χ4v) is 1.45. The normalized spacial score (nSPS) is 12.5. The number of aryl methyl sites for hydroxylation is 1. The van der Waals surface area contributed by atoms with Crippen LogP contribution in [0.3, 0.4) is 0 Å². The van der Waals surface area contributed by atoms with Crippen molar-refractivity contribution in [3.05, 3.63) is 35.4 Å². The highest BCUT2D eigenvalue weighted by Crippen LogP contribution is 2.14. The molecule has 0 saturated heterocycles. The Morgan fingerprint density at radius 3 is 2.62 bits per heavy atom. The van der Waals surface area contributed by atoms with Crippen molar-refractivity contribution in [2.24, 2.45) is 0 Å². The number of carbonyl (C=O) groups excluding carboxylic acids is 1. The third-order valence-corrected chi connectivity index (χ3v) is 2.07. The first-order chi connectivity index (χ1) is 6.15. The molecule has 2 nitrogen and oxygen atoms in total. The highest BCUT2D eigenvalue weighted by Gasteiger charge is 2.13. The summed E-state index contributed by atoms with van der Waals surface area (Å²) in [5.74, 6) is 0.146. The van der Waals surface area contributed by atoms with Crippen LogP contribution in [0, 0.1) is 6.92 Å². The molecular formula is C11H15NO. The second kappa shape index (κ2) is 4.19. The molecule has 1 N–H and O–H groups in total. The molecule has 0 aliphatic rings. The van der Waals surface area contributed by atoms with Crippen LogP contribution < -0.4 is 5.32 Å². The average Bonchev–Trinajstić information content (AvgIpc) is 2.04. The predicted octanol–water partition coefficient (Wildman–Crippen LogP) is 1.84. The Bertz CT molecular complexity index is 307. The van der Waals surface area contributed by atoms with Crippen molar-refractivity contribution in [1.29, 1.82) is 0 Å². The van der Waals surface area contributed by atoms with Gasteiger partial charge in [-0.3, -0.25) is 4.79 Å². The molecular weight excluding hydrogens is 162 g/mol. The van der Waals surface area contributed by atoms with Crippen molar-refractivity contribution in [2.45, 2.75) is 19.9 Å². The molecule has 0 spiro atoms. The van der Waals surface area contributed by atoms with Gasteiger partial charge in [0.1, 0.15) is 0 Å². The maximum Gasteiger partial charge on any atom is 0.151 e. The van der Waals surface area contributed by atoms with E-state index in [0.717, 1.165) is 5.56 Å². The predicted molar refractivity (Wildman–Crippen MR) is 53.7 cm³/mol. The molecule has 0 bridgehead atoms. The van der Waals surface area contributed by atoms with Crippen LogP contribution in [0.4, 0.5) is 0 Å². The van der Waals surface area contributed by atoms with E-state index in [1.165, 1.54) is 5.56 Å². The quantitative estimate of drug-likeness (QED) is 0.763. The molecule has 1 atom stereocenters. The van der Waals surface area contributed by atoms with E-state index in [2.05, 4.69) is 5.32 Å². The van der Waals surface area contributed by atoms with Crippen LogP contribution in [0.15, 0.2) is 24.3 Å². The summed E-state index contributed by atoms with van der Waals surface area (Å²) in [7, 11) is 1.80. The lowest BCUT2D eigenvalue weighted by atomic mass is 10.0. The number of ketones is 1. The molecule has 1 aromatic carbocycles. The molecule has 0 aliphatic heterocycles. The maximum absolute atomic E-state index is 11.2. The van der Waals surface area contributed by atoms with Crippen molar-refractivity contribution in [3.8, 4) is 0 Å². The molecule has 13 heavy (non-hydrogen) atoms. The fraction of sp³-hybridized carbons (Fsp3) is 0.364. The highest BCUT2D eigenvalue weighted by molar-refractivity contribution is 5.82. The van der Waals surface area contributed by atoms with Gasteiger partial charge in [0.2, 0.25) is 0 Å². The third-order valence-electron chi connectivity index (χ3n) is 2.07. The van der Waals surface area contributed by atoms with Crippen LogP contribution in [0.25, 0.3) is 0 Å². The van der Waals surface area contributed by atoms with E-state index in [9.17, 15) is 4.79 Å². The summed E-state index contributed by atoms with van der Waals surface area (Å²) in [6, 6.07) is 7.83. The monoisotopic (exact) mass is 177 g/mol. The fourth-order valence-electron chi connectivity index (χ4n) is 1.45. The van der Waals surface area contributed by atoms with E-state index in [-0.39, 0.29) is 11.8 Å². The minimum Gasteiger partial charge on any atom is -0.307 e. The van der Waals surface area contributed by atoms with Gasteiger partial charge in [0.05, 0.1) is 6.04 Å². The van der Waals surface area contributed by atoms with E-state index in [4.69, 9.17) is 0 Å². The summed E-state index contributed by atoms with van der Waals surface area (Å²) in [6.45, 7) is 3.62. The lowest BCUT2D eigenvalue weighted by Gasteiger charge is -2.13. The van der Waals surface area contributed by atoms with Crippen molar-refractivity contribution < 1.29 is 4.79 Å². The summed E-state index contributed by atoms with van der Waals surface area (Å²) in [4.78, 5) is 11.2. The summed E-state index contributed by atoms with van der Waals surface area (Å²) in [5, 5.41) is 3.00. The average molecular weight is 177 g/mol. The lowest BCUT2D eigenvalue weighted by Crippen LogP contribution is -2.23. The molecule has 0 heterocycles. The van der Waals surface area contributed by atoms with Crippen LogP contribution in [-0.2, 0) is 4.79 Å². The van der Waals surface area contributed by atoms with Crippen molar-refractivity contribution in [3.63, 3.8) is 0 Å². The van der Waals surface area contributed by atoms with Crippen LogP contribution >= 0.6 is 0 Å². The molecule has 70 valence electrons. The van der Waals surface area contributed by atoms with Crippen LogP contribution in [0.5, 0.6) is 0 Å². The summed E-state index contributed by atoms with van der Waals surface area (Å²) in [6.07, 6.45) is 0. The Labute approximate surface area is 79.0 Å². The Morgan fingerprint density at radius 1 is 1.46 bits per heavy atom. The molecule has 0 aromatic heterocycles. The Morgan fingerprint density at radius 2 is 2.15 bits per heavy atom. The number of benzene rings is 1. The number of hydrogen-bond donors (Lipinski definition) is 1. The smallest absolute Gasteiger partial charge is 0.151 e. The molecule has 0 fully saturated rings. The molecule has 1 unspecified atom stereocenters. The summed E-state index contributed by atoms with van der Waals surface area (Å²) >= 11 is 0. The zero-order valence-corrected chi connectivity index (χ0v) is 8.29. The zero-order chi connectivity index (χ0) is 9.84. The molecule has 1 aromatic rings. The number of rotatable bonds is 3. The highest BCUT2D eigenvalue weighted by atomic mass is 16.1. The summed E-state index contributed by atoms with van der Waals surface area (Å²) < 4.78 is 0.